The molecule has 0 bridgehead atoms. The smallest absolute Gasteiger partial charge is 0.141 e. The van der Waals surface area contributed by atoms with Gasteiger partial charge in [-0.3, -0.25) is 0 Å². The van der Waals surface area contributed by atoms with Crippen molar-refractivity contribution in [3.05, 3.63) is 40.1 Å². The van der Waals surface area contributed by atoms with E-state index in [2.05, 4.69) is 15.9 Å². The summed E-state index contributed by atoms with van der Waals surface area (Å²) in [6.45, 7) is 0. The van der Waals surface area contributed by atoms with Crippen LogP contribution in [0.3, 0.4) is 0 Å². The zero-order valence-electron chi connectivity index (χ0n) is 7.46. The molecule has 2 nitrogen and oxygen atoms in total. The standard InChI is InChI=1S/C11H5BrFNO/c12-9-4-7(15)3-6-1-2-10(13)8(5-14)11(6)9/h1-4,15H. The van der Waals surface area contributed by atoms with Gasteiger partial charge in [0.1, 0.15) is 17.6 Å². The number of benzene rings is 2. The highest BCUT2D eigenvalue weighted by Gasteiger charge is 2.10. The maximum Gasteiger partial charge on any atom is 0.141 e. The number of nitrogens with zero attached hydrogens (tertiary/aromatic N) is 1. The van der Waals surface area contributed by atoms with E-state index in [9.17, 15) is 9.50 Å². The number of hydrogen-bond donors (Lipinski definition) is 1. The van der Waals surface area contributed by atoms with Gasteiger partial charge in [-0.15, -0.1) is 0 Å². The Kier molecular flexibility index (Phi) is 2.33. The van der Waals surface area contributed by atoms with Crippen LogP contribution in [-0.2, 0) is 0 Å². The Morgan fingerprint density at radius 2 is 2.07 bits per heavy atom. The molecule has 0 saturated heterocycles. The molecule has 15 heavy (non-hydrogen) atoms. The van der Waals surface area contributed by atoms with Crippen molar-refractivity contribution in [2.24, 2.45) is 0 Å². The number of phenols is 1. The van der Waals surface area contributed by atoms with E-state index in [0.717, 1.165) is 0 Å². The molecular weight excluding hydrogens is 261 g/mol. The van der Waals surface area contributed by atoms with Crippen LogP contribution in [0.5, 0.6) is 5.75 Å². The first-order chi connectivity index (χ1) is 7.13. The molecule has 0 saturated carbocycles. The van der Waals surface area contributed by atoms with Crippen LogP contribution < -0.4 is 0 Å². The first kappa shape index (κ1) is 9.94. The van der Waals surface area contributed by atoms with Crippen molar-refractivity contribution < 1.29 is 9.50 Å². The SMILES string of the molecule is N#Cc1c(F)ccc2cc(O)cc(Br)c12. The highest BCUT2D eigenvalue weighted by molar-refractivity contribution is 9.10. The highest BCUT2D eigenvalue weighted by atomic mass is 79.9. The lowest BCUT2D eigenvalue weighted by Crippen LogP contribution is -1.87. The molecule has 1 N–H and O–H groups in total. The molecule has 2 rings (SSSR count). The molecule has 0 aliphatic heterocycles. The summed E-state index contributed by atoms with van der Waals surface area (Å²) in [6, 6.07) is 7.47. The maximum atomic E-state index is 13.3. The Labute approximate surface area is 93.7 Å². The summed E-state index contributed by atoms with van der Waals surface area (Å²) in [6.07, 6.45) is 0. The monoisotopic (exact) mass is 265 g/mol. The summed E-state index contributed by atoms with van der Waals surface area (Å²) in [5.74, 6) is -0.485. The molecule has 0 spiro atoms. The second kappa shape index (κ2) is 3.52. The van der Waals surface area contributed by atoms with Gasteiger partial charge in [-0.1, -0.05) is 6.07 Å². The second-order valence-corrected chi connectivity index (χ2v) is 3.91. The number of rotatable bonds is 0. The zero-order chi connectivity index (χ0) is 11.0. The predicted molar refractivity (Wildman–Crippen MR) is 58.0 cm³/mol. The van der Waals surface area contributed by atoms with Gasteiger partial charge >= 0.3 is 0 Å². The Morgan fingerprint density at radius 1 is 1.33 bits per heavy atom. The van der Waals surface area contributed by atoms with Crippen LogP contribution in [0.1, 0.15) is 5.56 Å². The number of fused-ring (bicyclic) bond motifs is 1. The van der Waals surface area contributed by atoms with Crippen LogP contribution in [0.4, 0.5) is 4.39 Å². The fourth-order valence-corrected chi connectivity index (χ4v) is 2.14. The molecule has 0 fully saturated rings. The van der Waals surface area contributed by atoms with E-state index in [1.807, 2.05) is 6.07 Å². The molecule has 0 radical (unpaired) electrons. The summed E-state index contributed by atoms with van der Waals surface area (Å²) < 4.78 is 13.8. The van der Waals surface area contributed by atoms with Crippen molar-refractivity contribution in [2.75, 3.05) is 0 Å². The molecule has 0 heterocycles. The molecule has 0 aliphatic rings. The highest BCUT2D eigenvalue weighted by Crippen LogP contribution is 2.32. The molecule has 2 aromatic carbocycles. The normalized spacial score (nSPS) is 10.2. The number of nitriles is 1. The van der Waals surface area contributed by atoms with Crippen LogP contribution in [0, 0.1) is 17.1 Å². The van der Waals surface area contributed by atoms with Crippen molar-refractivity contribution in [1.29, 1.82) is 5.26 Å². The molecule has 74 valence electrons. The average molecular weight is 266 g/mol. The predicted octanol–water partition coefficient (Wildman–Crippen LogP) is 3.32. The van der Waals surface area contributed by atoms with Crippen LogP contribution in [-0.4, -0.2) is 5.11 Å². The fourth-order valence-electron chi connectivity index (χ4n) is 1.48. The lowest BCUT2D eigenvalue weighted by molar-refractivity contribution is 0.476. The van der Waals surface area contributed by atoms with Gasteiger partial charge in [0, 0.05) is 9.86 Å². The number of aromatic hydroxyl groups is 1. The Morgan fingerprint density at radius 3 is 2.73 bits per heavy atom. The van der Waals surface area contributed by atoms with Gasteiger partial charge in [0.2, 0.25) is 0 Å². The van der Waals surface area contributed by atoms with E-state index in [1.54, 1.807) is 0 Å². The quantitative estimate of drug-likeness (QED) is 0.794. The van der Waals surface area contributed by atoms with Gasteiger partial charge in [-0.25, -0.2) is 4.39 Å². The van der Waals surface area contributed by atoms with Gasteiger partial charge < -0.3 is 5.11 Å². The van der Waals surface area contributed by atoms with Crippen molar-refractivity contribution >= 4 is 26.7 Å². The molecule has 4 heteroatoms. The summed E-state index contributed by atoms with van der Waals surface area (Å²) in [4.78, 5) is 0. The van der Waals surface area contributed by atoms with Gasteiger partial charge in [0.15, 0.2) is 0 Å². The van der Waals surface area contributed by atoms with Crippen molar-refractivity contribution in [3.8, 4) is 11.8 Å². The minimum atomic E-state index is -0.559. The third-order valence-electron chi connectivity index (χ3n) is 2.12. The first-order valence-corrected chi connectivity index (χ1v) is 4.93. The topological polar surface area (TPSA) is 44.0 Å². The van der Waals surface area contributed by atoms with Gasteiger partial charge in [0.05, 0.1) is 5.56 Å². The Bertz CT molecular complexity index is 589. The largest absolute Gasteiger partial charge is 0.508 e. The minimum Gasteiger partial charge on any atom is -0.508 e. The van der Waals surface area contributed by atoms with E-state index >= 15 is 0 Å². The fraction of sp³-hybridized carbons (Fsp3) is 0. The Hall–Kier alpha value is -1.60. The van der Waals surface area contributed by atoms with Crippen LogP contribution in [0.25, 0.3) is 10.8 Å². The van der Waals surface area contributed by atoms with E-state index in [0.29, 0.717) is 15.2 Å². The van der Waals surface area contributed by atoms with Crippen molar-refractivity contribution in [1.82, 2.24) is 0 Å². The molecule has 0 amide bonds. The lowest BCUT2D eigenvalue weighted by Gasteiger charge is -2.04. The second-order valence-electron chi connectivity index (χ2n) is 3.06. The summed E-state index contributed by atoms with van der Waals surface area (Å²) >= 11 is 3.20. The third kappa shape index (κ3) is 1.55. The molecular formula is C11H5BrFNO. The molecule has 0 aliphatic carbocycles. The average Bonchev–Trinajstić information content (AvgIpc) is 2.18. The van der Waals surface area contributed by atoms with Gasteiger partial charge in [0.25, 0.3) is 0 Å². The van der Waals surface area contributed by atoms with Crippen LogP contribution >= 0.6 is 15.9 Å². The van der Waals surface area contributed by atoms with E-state index < -0.39 is 5.82 Å². The van der Waals surface area contributed by atoms with Gasteiger partial charge in [-0.05, 0) is 39.5 Å². The van der Waals surface area contributed by atoms with Crippen LogP contribution in [0.2, 0.25) is 0 Å². The molecule has 0 aromatic heterocycles. The third-order valence-corrected chi connectivity index (χ3v) is 2.74. The van der Waals surface area contributed by atoms with Crippen molar-refractivity contribution in [3.63, 3.8) is 0 Å². The summed E-state index contributed by atoms with van der Waals surface area (Å²) in [7, 11) is 0. The van der Waals surface area contributed by atoms with E-state index in [4.69, 9.17) is 5.26 Å². The van der Waals surface area contributed by atoms with E-state index in [-0.39, 0.29) is 11.3 Å². The zero-order valence-corrected chi connectivity index (χ0v) is 9.05. The molecule has 0 unspecified atom stereocenters. The molecule has 2 aromatic rings. The number of phenolic OH excluding ortho intramolecular Hbond substituents is 1. The molecule has 0 atom stereocenters. The maximum absolute atomic E-state index is 13.3. The Balaban J connectivity index is 3.00. The number of halogens is 2. The first-order valence-electron chi connectivity index (χ1n) is 4.14. The number of hydrogen-bond acceptors (Lipinski definition) is 2. The minimum absolute atomic E-state index is 0.0145. The summed E-state index contributed by atoms with van der Waals surface area (Å²) in [5, 5.41) is 19.3. The summed E-state index contributed by atoms with van der Waals surface area (Å²) in [5.41, 5.74) is -0.0145. The van der Waals surface area contributed by atoms with Crippen molar-refractivity contribution in [2.45, 2.75) is 0 Å². The van der Waals surface area contributed by atoms with Crippen LogP contribution in [0.15, 0.2) is 28.7 Å². The van der Waals surface area contributed by atoms with E-state index in [1.165, 1.54) is 24.3 Å². The lowest BCUT2D eigenvalue weighted by atomic mass is 10.0. The van der Waals surface area contributed by atoms with Gasteiger partial charge in [-0.2, -0.15) is 5.26 Å².